The molecule has 13 heavy (non-hydrogen) atoms. The largest absolute Gasteiger partial charge is 0.394 e. The van der Waals surface area contributed by atoms with Gasteiger partial charge in [0.1, 0.15) is 11.0 Å². The number of aliphatic hydroxyl groups is 1. The first-order valence-corrected chi connectivity index (χ1v) is 5.02. The lowest BCUT2D eigenvalue weighted by Crippen LogP contribution is -2.31. The van der Waals surface area contributed by atoms with Crippen LogP contribution in [-0.2, 0) is 16.5 Å². The van der Waals surface area contributed by atoms with Gasteiger partial charge in [-0.1, -0.05) is 0 Å². The molecule has 0 radical (unpaired) electrons. The third-order valence-corrected chi connectivity index (χ3v) is 2.41. The molecule has 3 N–H and O–H groups in total. The Bertz CT molecular complexity index is 321. The van der Waals surface area contributed by atoms with Crippen LogP contribution in [0.4, 0.5) is 0 Å². The molecule has 1 aromatic rings. The van der Waals surface area contributed by atoms with Crippen molar-refractivity contribution in [2.45, 2.75) is 24.4 Å². The van der Waals surface area contributed by atoms with Crippen molar-refractivity contribution in [2.75, 3.05) is 6.61 Å². The molecule has 0 amide bonds. The number of hydrogen-bond donors (Lipinski definition) is 2. The van der Waals surface area contributed by atoms with Gasteiger partial charge in [0.25, 0.3) is 0 Å². The summed E-state index contributed by atoms with van der Waals surface area (Å²) in [6, 6.07) is 1.58. The Hall–Kier alpha value is -0.720. The second-order valence-corrected chi connectivity index (χ2v) is 4.38. The Balaban J connectivity index is 2.98. The first kappa shape index (κ1) is 10.4. The normalized spacial score (nSPS) is 14.5. The van der Waals surface area contributed by atoms with Gasteiger partial charge in [0, 0.05) is 6.20 Å². The zero-order valence-corrected chi connectivity index (χ0v) is 8.41. The Morgan fingerprint density at radius 3 is 2.77 bits per heavy atom. The number of aliphatic hydroxyl groups excluding tert-OH is 1. The van der Waals surface area contributed by atoms with Gasteiger partial charge in [0.15, 0.2) is 5.03 Å². The highest BCUT2D eigenvalue weighted by Crippen LogP contribution is 2.13. The van der Waals surface area contributed by atoms with Crippen LogP contribution in [0.15, 0.2) is 17.3 Å². The Morgan fingerprint density at radius 2 is 2.38 bits per heavy atom. The number of nitrogens with two attached hydrogens (primary N) is 1. The van der Waals surface area contributed by atoms with E-state index in [1.807, 2.05) is 13.8 Å². The smallest absolute Gasteiger partial charge is 0.164 e. The van der Waals surface area contributed by atoms with E-state index in [2.05, 4.69) is 5.10 Å². The predicted octanol–water partition coefficient (Wildman–Crippen LogP) is -0.408. The van der Waals surface area contributed by atoms with E-state index in [9.17, 15) is 4.21 Å². The van der Waals surface area contributed by atoms with Crippen LogP contribution in [0, 0.1) is 0 Å². The molecule has 0 fully saturated rings. The van der Waals surface area contributed by atoms with Crippen LogP contribution in [0.1, 0.15) is 13.8 Å². The van der Waals surface area contributed by atoms with Crippen molar-refractivity contribution in [3.8, 4) is 0 Å². The summed E-state index contributed by atoms with van der Waals surface area (Å²) in [6.07, 6.45) is 1.65. The molecule has 0 aliphatic rings. The molecule has 0 saturated carbocycles. The maximum atomic E-state index is 10.8. The van der Waals surface area contributed by atoms with Crippen LogP contribution in [0.3, 0.4) is 0 Å². The van der Waals surface area contributed by atoms with E-state index in [1.165, 1.54) is 0 Å². The minimum atomic E-state index is -1.56. The van der Waals surface area contributed by atoms with E-state index in [0.717, 1.165) is 0 Å². The number of nitrogens with zero attached hydrogens (tertiary/aromatic N) is 2. The number of rotatable bonds is 3. The van der Waals surface area contributed by atoms with E-state index in [0.29, 0.717) is 5.03 Å². The van der Waals surface area contributed by atoms with Crippen molar-refractivity contribution in [1.82, 2.24) is 9.78 Å². The standard InChI is InChI=1S/C7H13N3O2S/c1-7(2,5-11)10-4-3-6(9-10)13(8)12/h3-4,11H,5,8H2,1-2H3. The van der Waals surface area contributed by atoms with Crippen LogP contribution in [-0.4, -0.2) is 25.7 Å². The summed E-state index contributed by atoms with van der Waals surface area (Å²) in [5, 5.41) is 18.5. The summed E-state index contributed by atoms with van der Waals surface area (Å²) in [5.74, 6) is 0. The predicted molar refractivity (Wildman–Crippen MR) is 49.2 cm³/mol. The lowest BCUT2D eigenvalue weighted by molar-refractivity contribution is 0.151. The van der Waals surface area contributed by atoms with Gasteiger partial charge in [0.2, 0.25) is 0 Å². The fourth-order valence-electron chi connectivity index (χ4n) is 0.824. The van der Waals surface area contributed by atoms with Gasteiger partial charge in [-0.2, -0.15) is 5.10 Å². The third-order valence-electron chi connectivity index (χ3n) is 1.78. The molecule has 74 valence electrons. The van der Waals surface area contributed by atoms with Gasteiger partial charge in [-0.3, -0.25) is 4.68 Å². The minimum absolute atomic E-state index is 0.0364. The van der Waals surface area contributed by atoms with Crippen LogP contribution >= 0.6 is 0 Å². The van der Waals surface area contributed by atoms with Gasteiger partial charge < -0.3 is 5.11 Å². The molecular weight excluding hydrogens is 190 g/mol. The topological polar surface area (TPSA) is 81.1 Å². The van der Waals surface area contributed by atoms with Crippen LogP contribution in [0.25, 0.3) is 0 Å². The fraction of sp³-hybridized carbons (Fsp3) is 0.571. The molecule has 6 heteroatoms. The molecule has 0 spiro atoms. The highest BCUT2D eigenvalue weighted by molar-refractivity contribution is 7.82. The Kier molecular flexibility index (Phi) is 2.84. The lowest BCUT2D eigenvalue weighted by atomic mass is 10.1. The average Bonchev–Trinajstić information content (AvgIpc) is 2.52. The zero-order chi connectivity index (χ0) is 10.1. The van der Waals surface area contributed by atoms with Gasteiger partial charge >= 0.3 is 0 Å². The van der Waals surface area contributed by atoms with Crippen molar-refractivity contribution < 1.29 is 9.32 Å². The molecular formula is C7H13N3O2S. The SMILES string of the molecule is CC(C)(CO)n1ccc(S(N)=O)n1. The molecule has 1 atom stereocenters. The number of aromatic nitrogens is 2. The highest BCUT2D eigenvalue weighted by Gasteiger charge is 2.20. The van der Waals surface area contributed by atoms with E-state index < -0.39 is 16.5 Å². The molecule has 1 heterocycles. The monoisotopic (exact) mass is 203 g/mol. The van der Waals surface area contributed by atoms with Crippen LogP contribution < -0.4 is 5.14 Å². The van der Waals surface area contributed by atoms with Gasteiger partial charge in [-0.25, -0.2) is 9.35 Å². The van der Waals surface area contributed by atoms with Gasteiger partial charge in [0.05, 0.1) is 12.1 Å². The Labute approximate surface area is 79.1 Å². The second-order valence-electron chi connectivity index (χ2n) is 3.37. The summed E-state index contributed by atoms with van der Waals surface area (Å²) in [7, 11) is -1.56. The minimum Gasteiger partial charge on any atom is -0.394 e. The van der Waals surface area contributed by atoms with Crippen molar-refractivity contribution >= 4 is 11.0 Å². The maximum absolute atomic E-state index is 10.8. The van der Waals surface area contributed by atoms with E-state index in [-0.39, 0.29) is 6.61 Å². The van der Waals surface area contributed by atoms with E-state index in [4.69, 9.17) is 10.2 Å². The summed E-state index contributed by atoms with van der Waals surface area (Å²) in [4.78, 5) is 0. The van der Waals surface area contributed by atoms with Crippen molar-refractivity contribution in [3.63, 3.8) is 0 Å². The van der Waals surface area contributed by atoms with Crippen molar-refractivity contribution in [2.24, 2.45) is 5.14 Å². The second kappa shape index (κ2) is 3.57. The maximum Gasteiger partial charge on any atom is 0.164 e. The fourth-order valence-corrected chi connectivity index (χ4v) is 1.19. The molecule has 1 unspecified atom stereocenters. The first-order valence-electron chi connectivity index (χ1n) is 3.80. The summed E-state index contributed by atoms with van der Waals surface area (Å²) in [5.41, 5.74) is -0.488. The van der Waals surface area contributed by atoms with Crippen LogP contribution in [0.5, 0.6) is 0 Å². The molecule has 1 rings (SSSR count). The molecule has 5 nitrogen and oxygen atoms in total. The Morgan fingerprint density at radius 1 is 1.77 bits per heavy atom. The van der Waals surface area contributed by atoms with E-state index >= 15 is 0 Å². The van der Waals surface area contributed by atoms with Gasteiger partial charge in [-0.15, -0.1) is 0 Å². The van der Waals surface area contributed by atoms with Crippen molar-refractivity contribution in [3.05, 3.63) is 12.3 Å². The van der Waals surface area contributed by atoms with Crippen molar-refractivity contribution in [1.29, 1.82) is 0 Å². The molecule has 1 aromatic heterocycles. The summed E-state index contributed by atoms with van der Waals surface area (Å²) < 4.78 is 12.4. The zero-order valence-electron chi connectivity index (χ0n) is 7.60. The van der Waals surface area contributed by atoms with Crippen LogP contribution in [0.2, 0.25) is 0 Å². The molecule has 0 bridgehead atoms. The molecule has 0 saturated heterocycles. The average molecular weight is 203 g/mol. The summed E-state index contributed by atoms with van der Waals surface area (Å²) >= 11 is 0. The lowest BCUT2D eigenvalue weighted by Gasteiger charge is -2.21. The van der Waals surface area contributed by atoms with Gasteiger partial charge in [-0.05, 0) is 19.9 Å². The molecule has 0 aliphatic heterocycles. The quantitative estimate of drug-likeness (QED) is 0.701. The highest BCUT2D eigenvalue weighted by atomic mass is 32.2. The molecule has 0 aromatic carbocycles. The molecule has 0 aliphatic carbocycles. The third kappa shape index (κ3) is 2.15. The number of hydrogen-bond acceptors (Lipinski definition) is 3. The summed E-state index contributed by atoms with van der Waals surface area (Å²) in [6.45, 7) is 3.61. The van der Waals surface area contributed by atoms with E-state index in [1.54, 1.807) is 16.9 Å². The first-order chi connectivity index (χ1) is 5.97.